The normalized spacial score (nSPS) is 14.4. The Bertz CT molecular complexity index is 897. The number of carbonyl (C=O) groups excluding carboxylic acids is 3. The Morgan fingerprint density at radius 3 is 2.58 bits per heavy atom. The van der Waals surface area contributed by atoms with E-state index in [1.165, 1.54) is 20.1 Å². The van der Waals surface area contributed by atoms with Gasteiger partial charge < -0.3 is 24.8 Å². The summed E-state index contributed by atoms with van der Waals surface area (Å²) in [6.45, 7) is 1.42. The molecule has 1 aromatic rings. The molecule has 1 atom stereocenters. The first-order chi connectivity index (χ1) is 14.8. The number of aromatic hydroxyl groups is 1. The fourth-order valence-electron chi connectivity index (χ4n) is 3.46. The van der Waals surface area contributed by atoms with E-state index in [9.17, 15) is 24.6 Å². The number of carbonyl (C=O) groups is 3. The van der Waals surface area contributed by atoms with Crippen molar-refractivity contribution in [3.63, 3.8) is 0 Å². The molecular formula is C23H28O8. The van der Waals surface area contributed by atoms with Gasteiger partial charge in [0, 0.05) is 30.7 Å². The standard InChI is InChI=1S/C23H28O8/c1-14(25)31-11-7-5-8-15-12-16-21(18(27)13-19(30-2)22(16)28)23(29)20(15)17(26)9-4-3-6-10-24/h5,7,12-13,17,24,26,29H,3-4,6,8-11H2,1-2H3/b7-5+. The summed E-state index contributed by atoms with van der Waals surface area (Å²) in [5.74, 6) is -2.06. The summed E-state index contributed by atoms with van der Waals surface area (Å²) in [5.41, 5.74) is 0.531. The van der Waals surface area contributed by atoms with Crippen molar-refractivity contribution in [1.29, 1.82) is 0 Å². The molecule has 1 unspecified atom stereocenters. The van der Waals surface area contributed by atoms with Gasteiger partial charge in [0.2, 0.25) is 5.78 Å². The van der Waals surface area contributed by atoms with E-state index in [-0.39, 0.29) is 42.1 Å². The first-order valence-electron chi connectivity index (χ1n) is 10.1. The average Bonchev–Trinajstić information content (AvgIpc) is 2.72. The van der Waals surface area contributed by atoms with Gasteiger partial charge in [0.15, 0.2) is 11.5 Å². The highest BCUT2D eigenvalue weighted by atomic mass is 16.5. The number of Topliss-reactive ketones (excluding diaryl/α,β-unsaturated/α-hetero) is 1. The van der Waals surface area contributed by atoms with Crippen LogP contribution in [0.4, 0.5) is 0 Å². The van der Waals surface area contributed by atoms with Crippen LogP contribution in [0, 0.1) is 0 Å². The third-order valence-corrected chi connectivity index (χ3v) is 4.98. The number of hydrogen-bond donors (Lipinski definition) is 3. The van der Waals surface area contributed by atoms with E-state index in [4.69, 9.17) is 14.6 Å². The molecule has 0 saturated heterocycles. The molecule has 8 heteroatoms. The number of esters is 1. The van der Waals surface area contributed by atoms with Crippen LogP contribution in [0.2, 0.25) is 0 Å². The zero-order valence-corrected chi connectivity index (χ0v) is 17.7. The van der Waals surface area contributed by atoms with Gasteiger partial charge in [0.1, 0.15) is 12.4 Å². The minimum atomic E-state index is -1.06. The van der Waals surface area contributed by atoms with Crippen molar-refractivity contribution in [2.75, 3.05) is 20.3 Å². The molecular weight excluding hydrogens is 404 g/mol. The molecule has 1 aromatic carbocycles. The Kier molecular flexibility index (Phi) is 8.96. The second kappa shape index (κ2) is 11.4. The van der Waals surface area contributed by atoms with Crippen molar-refractivity contribution in [2.24, 2.45) is 0 Å². The summed E-state index contributed by atoms with van der Waals surface area (Å²) in [6.07, 6.45) is 5.74. The lowest BCUT2D eigenvalue weighted by atomic mass is 9.84. The van der Waals surface area contributed by atoms with E-state index < -0.39 is 29.4 Å². The minimum Gasteiger partial charge on any atom is -0.507 e. The molecule has 168 valence electrons. The van der Waals surface area contributed by atoms with Crippen molar-refractivity contribution in [3.05, 3.63) is 52.3 Å². The van der Waals surface area contributed by atoms with Crippen molar-refractivity contribution >= 4 is 17.5 Å². The molecule has 0 bridgehead atoms. The second-order valence-electron chi connectivity index (χ2n) is 7.19. The lowest BCUT2D eigenvalue weighted by Gasteiger charge is -2.23. The fourth-order valence-corrected chi connectivity index (χ4v) is 3.46. The van der Waals surface area contributed by atoms with Gasteiger partial charge in [-0.1, -0.05) is 25.0 Å². The maximum absolute atomic E-state index is 12.7. The summed E-state index contributed by atoms with van der Waals surface area (Å²) < 4.78 is 9.82. The molecule has 0 amide bonds. The van der Waals surface area contributed by atoms with E-state index >= 15 is 0 Å². The van der Waals surface area contributed by atoms with Crippen LogP contribution < -0.4 is 0 Å². The number of rotatable bonds is 11. The number of phenolic OH excluding ortho intramolecular Hbond substituents is 1. The van der Waals surface area contributed by atoms with Gasteiger partial charge in [-0.3, -0.25) is 14.4 Å². The zero-order valence-electron chi connectivity index (χ0n) is 17.7. The number of ether oxygens (including phenoxy) is 2. The molecule has 8 nitrogen and oxygen atoms in total. The van der Waals surface area contributed by atoms with Gasteiger partial charge in [0.05, 0.1) is 18.8 Å². The molecule has 0 spiro atoms. The highest BCUT2D eigenvalue weighted by Crippen LogP contribution is 2.39. The van der Waals surface area contributed by atoms with Crippen molar-refractivity contribution < 1.29 is 39.2 Å². The summed E-state index contributed by atoms with van der Waals surface area (Å²) in [5, 5.41) is 30.5. The number of unbranched alkanes of at least 4 members (excludes halogenated alkanes) is 2. The first kappa shape index (κ1) is 24.3. The number of phenols is 1. The monoisotopic (exact) mass is 432 g/mol. The molecule has 0 aliphatic heterocycles. The third kappa shape index (κ3) is 6.02. The van der Waals surface area contributed by atoms with Crippen LogP contribution >= 0.6 is 0 Å². The maximum atomic E-state index is 12.7. The van der Waals surface area contributed by atoms with Crippen molar-refractivity contribution in [2.45, 2.75) is 45.1 Å². The van der Waals surface area contributed by atoms with Crippen LogP contribution in [0.15, 0.2) is 30.1 Å². The van der Waals surface area contributed by atoms with Crippen LogP contribution in [0.25, 0.3) is 0 Å². The van der Waals surface area contributed by atoms with Gasteiger partial charge in [-0.25, -0.2) is 0 Å². The lowest BCUT2D eigenvalue weighted by molar-refractivity contribution is -0.139. The predicted octanol–water partition coefficient (Wildman–Crippen LogP) is 2.55. The van der Waals surface area contributed by atoms with Crippen molar-refractivity contribution in [1.82, 2.24) is 0 Å². The smallest absolute Gasteiger partial charge is 0.302 e. The number of ketones is 2. The Morgan fingerprint density at radius 2 is 1.94 bits per heavy atom. The topological polar surface area (TPSA) is 130 Å². The predicted molar refractivity (Wildman–Crippen MR) is 112 cm³/mol. The van der Waals surface area contributed by atoms with Crippen LogP contribution in [0.5, 0.6) is 5.75 Å². The summed E-state index contributed by atoms with van der Waals surface area (Å²) >= 11 is 0. The van der Waals surface area contributed by atoms with Crippen LogP contribution in [-0.2, 0) is 20.7 Å². The van der Waals surface area contributed by atoms with E-state index in [2.05, 4.69) is 0 Å². The Balaban J connectivity index is 2.42. The first-order valence-corrected chi connectivity index (χ1v) is 10.1. The van der Waals surface area contributed by atoms with Gasteiger partial charge in [-0.15, -0.1) is 0 Å². The largest absolute Gasteiger partial charge is 0.507 e. The molecule has 1 aliphatic carbocycles. The third-order valence-electron chi connectivity index (χ3n) is 4.98. The van der Waals surface area contributed by atoms with Gasteiger partial charge in [0.25, 0.3) is 0 Å². The minimum absolute atomic E-state index is 0.0152. The molecule has 2 rings (SSSR count). The number of fused-ring (bicyclic) bond motifs is 1. The Hall–Kier alpha value is -2.97. The molecule has 0 saturated carbocycles. The number of aliphatic hydroxyl groups is 2. The maximum Gasteiger partial charge on any atom is 0.302 e. The van der Waals surface area contributed by atoms with Gasteiger partial charge >= 0.3 is 5.97 Å². The summed E-state index contributed by atoms with van der Waals surface area (Å²) in [6, 6.07) is 1.49. The summed E-state index contributed by atoms with van der Waals surface area (Å²) in [7, 11) is 1.28. The van der Waals surface area contributed by atoms with Crippen molar-refractivity contribution in [3.8, 4) is 5.75 Å². The van der Waals surface area contributed by atoms with Gasteiger partial charge in [-0.2, -0.15) is 0 Å². The lowest BCUT2D eigenvalue weighted by Crippen LogP contribution is -2.20. The number of benzene rings is 1. The zero-order chi connectivity index (χ0) is 23.0. The molecule has 31 heavy (non-hydrogen) atoms. The highest BCUT2D eigenvalue weighted by Gasteiger charge is 2.33. The average molecular weight is 432 g/mol. The van der Waals surface area contributed by atoms with Gasteiger partial charge in [-0.05, 0) is 30.9 Å². The summed E-state index contributed by atoms with van der Waals surface area (Å²) in [4.78, 5) is 36.1. The number of aliphatic hydroxyl groups excluding tert-OH is 2. The Morgan fingerprint density at radius 1 is 1.19 bits per heavy atom. The van der Waals surface area contributed by atoms with E-state index in [1.807, 2.05) is 0 Å². The number of methoxy groups -OCH3 is 1. The number of hydrogen-bond acceptors (Lipinski definition) is 8. The molecule has 1 aliphatic rings. The number of allylic oxidation sites excluding steroid dienone is 3. The van der Waals surface area contributed by atoms with Crippen LogP contribution in [-0.4, -0.2) is 53.2 Å². The van der Waals surface area contributed by atoms with E-state index in [1.54, 1.807) is 12.2 Å². The fraction of sp³-hybridized carbons (Fsp3) is 0.435. The molecule has 3 N–H and O–H groups in total. The van der Waals surface area contributed by atoms with E-state index in [0.29, 0.717) is 31.2 Å². The molecule has 0 fully saturated rings. The molecule has 0 radical (unpaired) electrons. The second-order valence-corrected chi connectivity index (χ2v) is 7.19. The van der Waals surface area contributed by atoms with Crippen LogP contribution in [0.1, 0.15) is 70.6 Å². The SMILES string of the molecule is COC1=CC(=O)c2c(cc(C/C=C/COC(C)=O)c(C(O)CCCCCO)c2O)C1=O. The molecule has 0 aromatic heterocycles. The van der Waals surface area contributed by atoms with Crippen LogP contribution in [0.3, 0.4) is 0 Å². The Labute approximate surface area is 180 Å². The van der Waals surface area contributed by atoms with E-state index in [0.717, 1.165) is 6.08 Å². The highest BCUT2D eigenvalue weighted by molar-refractivity contribution is 6.25. The molecule has 0 heterocycles. The quantitative estimate of drug-likeness (QED) is 0.276.